The van der Waals surface area contributed by atoms with Crippen molar-refractivity contribution in [2.75, 3.05) is 4.90 Å². The van der Waals surface area contributed by atoms with Crippen LogP contribution in [0.1, 0.15) is 25.0 Å². The molecule has 53 heavy (non-hydrogen) atoms. The van der Waals surface area contributed by atoms with Gasteiger partial charge in [-0.2, -0.15) is 0 Å². The first-order valence-corrected chi connectivity index (χ1v) is 18.3. The summed E-state index contributed by atoms with van der Waals surface area (Å²) in [6.45, 7) is 4.71. The summed E-state index contributed by atoms with van der Waals surface area (Å²) in [5.41, 5.74) is 17.8. The topological polar surface area (TPSA) is 16.4 Å². The Hall–Kier alpha value is -6.64. The first-order valence-electron chi connectivity index (χ1n) is 18.3. The van der Waals surface area contributed by atoms with Gasteiger partial charge in [0.2, 0.25) is 0 Å². The molecule has 0 spiro atoms. The van der Waals surface area contributed by atoms with Crippen LogP contribution in [0.2, 0.25) is 0 Å². The van der Waals surface area contributed by atoms with Crippen LogP contribution in [-0.2, 0) is 5.41 Å². The van der Waals surface area contributed by atoms with Crippen LogP contribution < -0.4 is 4.90 Å². The van der Waals surface area contributed by atoms with E-state index in [1.165, 1.54) is 50.1 Å². The van der Waals surface area contributed by atoms with E-state index >= 15 is 0 Å². The summed E-state index contributed by atoms with van der Waals surface area (Å²) in [7, 11) is 0. The molecule has 2 nitrogen and oxygen atoms in total. The predicted molar refractivity (Wildman–Crippen MR) is 222 cm³/mol. The fourth-order valence-electron chi connectivity index (χ4n) is 8.38. The van der Waals surface area contributed by atoms with Gasteiger partial charge in [0.05, 0.1) is 0 Å². The molecule has 0 unspecified atom stereocenters. The summed E-state index contributed by atoms with van der Waals surface area (Å²) in [6, 6.07) is 67.8. The van der Waals surface area contributed by atoms with E-state index in [4.69, 9.17) is 4.42 Å². The Balaban J connectivity index is 0.992. The van der Waals surface area contributed by atoms with Crippen molar-refractivity contribution in [1.82, 2.24) is 0 Å². The maximum Gasteiger partial charge on any atom is 0.136 e. The molecule has 0 N–H and O–H groups in total. The van der Waals surface area contributed by atoms with E-state index < -0.39 is 0 Å². The van der Waals surface area contributed by atoms with Crippen LogP contribution in [0.4, 0.5) is 17.1 Å². The minimum Gasteiger partial charge on any atom is -0.456 e. The predicted octanol–water partition coefficient (Wildman–Crippen LogP) is 14.4. The monoisotopic (exact) mass is 679 g/mol. The van der Waals surface area contributed by atoms with Gasteiger partial charge in [-0.3, -0.25) is 0 Å². The van der Waals surface area contributed by atoms with Crippen LogP contribution in [0.15, 0.2) is 192 Å². The van der Waals surface area contributed by atoms with Crippen molar-refractivity contribution in [2.24, 2.45) is 0 Å². The summed E-state index contributed by atoms with van der Waals surface area (Å²) >= 11 is 0. The molecular formula is C51H37NO. The molecule has 1 aliphatic carbocycles. The zero-order valence-electron chi connectivity index (χ0n) is 29.8. The zero-order chi connectivity index (χ0) is 35.5. The smallest absolute Gasteiger partial charge is 0.136 e. The third kappa shape index (κ3) is 5.18. The number of para-hydroxylation sites is 2. The maximum absolute atomic E-state index is 6.19. The third-order valence-corrected chi connectivity index (χ3v) is 11.1. The molecular weight excluding hydrogens is 643 g/mol. The Morgan fingerprint density at radius 2 is 0.943 bits per heavy atom. The van der Waals surface area contributed by atoms with Crippen molar-refractivity contribution in [3.63, 3.8) is 0 Å². The highest BCUT2D eigenvalue weighted by atomic mass is 16.3. The lowest BCUT2D eigenvalue weighted by atomic mass is 9.81. The van der Waals surface area contributed by atoms with Gasteiger partial charge in [-0.1, -0.05) is 141 Å². The Bertz CT molecular complexity index is 2780. The number of hydrogen-bond donors (Lipinski definition) is 0. The first-order chi connectivity index (χ1) is 26.0. The van der Waals surface area contributed by atoms with Crippen LogP contribution in [-0.4, -0.2) is 0 Å². The van der Waals surface area contributed by atoms with Crippen molar-refractivity contribution >= 4 is 39.0 Å². The minimum absolute atomic E-state index is 0.0671. The fraction of sp³-hybridized carbons (Fsp3) is 0.0588. The SMILES string of the molecule is CC1(C)c2ccc(-c3ccc(N(c4ccccc4)c4ccc(-c5cccc6oc7ccccc7c56)cc4)cc3)cc2-c2ccc(-c3ccccc3)cc21. The second-order valence-electron chi connectivity index (χ2n) is 14.6. The molecule has 1 aliphatic rings. The summed E-state index contributed by atoms with van der Waals surface area (Å²) in [5, 5.41) is 2.29. The Labute approximate surface area is 310 Å². The lowest BCUT2D eigenvalue weighted by molar-refractivity contribution is 0.660. The maximum atomic E-state index is 6.19. The average molecular weight is 680 g/mol. The summed E-state index contributed by atoms with van der Waals surface area (Å²) in [6.07, 6.45) is 0. The molecule has 0 fully saturated rings. The van der Waals surface area contributed by atoms with Gasteiger partial charge in [0.1, 0.15) is 11.2 Å². The molecule has 9 aromatic rings. The zero-order valence-corrected chi connectivity index (χ0v) is 29.8. The molecule has 0 saturated heterocycles. The van der Waals surface area contributed by atoms with Crippen LogP contribution in [0, 0.1) is 0 Å². The van der Waals surface area contributed by atoms with E-state index in [0.29, 0.717) is 0 Å². The first kappa shape index (κ1) is 31.1. The van der Waals surface area contributed by atoms with Crippen molar-refractivity contribution in [2.45, 2.75) is 19.3 Å². The largest absolute Gasteiger partial charge is 0.456 e. The third-order valence-electron chi connectivity index (χ3n) is 11.1. The minimum atomic E-state index is -0.0671. The van der Waals surface area contributed by atoms with E-state index in [9.17, 15) is 0 Å². The molecule has 10 rings (SSSR count). The van der Waals surface area contributed by atoms with Gasteiger partial charge < -0.3 is 9.32 Å². The number of benzene rings is 8. The van der Waals surface area contributed by atoms with Gasteiger partial charge in [0.15, 0.2) is 0 Å². The van der Waals surface area contributed by atoms with Crippen LogP contribution >= 0.6 is 0 Å². The molecule has 0 amide bonds. The quantitative estimate of drug-likeness (QED) is 0.174. The lowest BCUT2D eigenvalue weighted by Gasteiger charge is -2.26. The van der Waals surface area contributed by atoms with Crippen molar-refractivity contribution in [3.8, 4) is 44.5 Å². The highest BCUT2D eigenvalue weighted by molar-refractivity contribution is 6.12. The van der Waals surface area contributed by atoms with Gasteiger partial charge in [-0.05, 0) is 116 Å². The molecule has 1 heterocycles. The Kier molecular flexibility index (Phi) is 7.19. The molecule has 0 bridgehead atoms. The number of furan rings is 1. The number of rotatable bonds is 6. The average Bonchev–Trinajstić information content (AvgIpc) is 3.71. The summed E-state index contributed by atoms with van der Waals surface area (Å²) in [5.74, 6) is 0. The molecule has 2 heteroatoms. The van der Waals surface area contributed by atoms with Crippen LogP contribution in [0.5, 0.6) is 0 Å². The molecule has 1 aromatic heterocycles. The molecule has 0 radical (unpaired) electrons. The summed E-state index contributed by atoms with van der Waals surface area (Å²) < 4.78 is 6.19. The van der Waals surface area contributed by atoms with Gasteiger partial charge >= 0.3 is 0 Å². The van der Waals surface area contributed by atoms with Crippen LogP contribution in [0.25, 0.3) is 66.4 Å². The highest BCUT2D eigenvalue weighted by Gasteiger charge is 2.35. The highest BCUT2D eigenvalue weighted by Crippen LogP contribution is 2.51. The van der Waals surface area contributed by atoms with Crippen LogP contribution in [0.3, 0.4) is 0 Å². The Morgan fingerprint density at radius 1 is 0.377 bits per heavy atom. The second-order valence-corrected chi connectivity index (χ2v) is 14.6. The number of anilines is 3. The lowest BCUT2D eigenvalue weighted by Crippen LogP contribution is -2.15. The van der Waals surface area contributed by atoms with E-state index in [2.05, 4.69) is 195 Å². The molecule has 8 aromatic carbocycles. The fourth-order valence-corrected chi connectivity index (χ4v) is 8.38. The van der Waals surface area contributed by atoms with E-state index in [0.717, 1.165) is 44.6 Å². The number of hydrogen-bond acceptors (Lipinski definition) is 2. The molecule has 0 saturated carbocycles. The number of nitrogens with zero attached hydrogens (tertiary/aromatic N) is 1. The van der Waals surface area contributed by atoms with Gasteiger partial charge in [-0.15, -0.1) is 0 Å². The standard InChI is InChI=1S/C51H37NO/c1-51(2)46-31-25-37(32-45(46)43-30-24-38(33-47(43)51)34-12-5-3-6-13-34)35-20-26-40(27-21-35)52(39-14-7-4-8-15-39)41-28-22-36(23-29-41)42-17-11-19-49-50(42)44-16-9-10-18-48(44)53-49/h3-33H,1-2H3. The van der Waals surface area contributed by atoms with Gasteiger partial charge in [0.25, 0.3) is 0 Å². The van der Waals surface area contributed by atoms with Gasteiger partial charge in [-0.25, -0.2) is 0 Å². The van der Waals surface area contributed by atoms with Crippen molar-refractivity contribution in [3.05, 3.63) is 199 Å². The second kappa shape index (κ2) is 12.3. The van der Waals surface area contributed by atoms with Crippen molar-refractivity contribution in [1.29, 1.82) is 0 Å². The van der Waals surface area contributed by atoms with Gasteiger partial charge in [0, 0.05) is 33.2 Å². The number of fused-ring (bicyclic) bond motifs is 6. The van der Waals surface area contributed by atoms with E-state index in [1.54, 1.807) is 0 Å². The summed E-state index contributed by atoms with van der Waals surface area (Å²) in [4.78, 5) is 2.33. The molecule has 252 valence electrons. The van der Waals surface area contributed by atoms with Crippen molar-refractivity contribution < 1.29 is 4.42 Å². The van der Waals surface area contributed by atoms with E-state index in [1.807, 2.05) is 12.1 Å². The molecule has 0 atom stereocenters. The Morgan fingerprint density at radius 3 is 1.70 bits per heavy atom. The normalized spacial score (nSPS) is 12.9. The molecule has 0 aliphatic heterocycles. The van der Waals surface area contributed by atoms with E-state index in [-0.39, 0.29) is 5.41 Å².